The fourth-order valence-corrected chi connectivity index (χ4v) is 9.77. The normalized spacial score (nSPS) is 11.8. The first-order valence-corrected chi connectivity index (χ1v) is 21.6. The monoisotopic (exact) mass is 847 g/mol. The largest absolute Gasteiger partial charge is 0.417 e. The molecule has 11 aromatic rings. The summed E-state index contributed by atoms with van der Waals surface area (Å²) in [5, 5.41) is 4.17. The summed E-state index contributed by atoms with van der Waals surface area (Å²) in [4.78, 5) is 4.16. The number of para-hydroxylation sites is 2. The zero-order valence-electron chi connectivity index (χ0n) is 35.9. The molecule has 6 heteroatoms. The molecule has 0 saturated carbocycles. The summed E-state index contributed by atoms with van der Waals surface area (Å²) >= 11 is 0. The molecule has 0 spiro atoms. The summed E-state index contributed by atoms with van der Waals surface area (Å²) in [6.45, 7) is 14.6. The zero-order valence-corrected chi connectivity index (χ0v) is 35.9. The van der Waals surface area contributed by atoms with Crippen LogP contribution in [0.5, 0.6) is 0 Å². The van der Waals surface area contributed by atoms with Crippen molar-refractivity contribution in [3.8, 4) is 55.9 Å². The Balaban J connectivity index is 1.24. The summed E-state index contributed by atoms with van der Waals surface area (Å²) in [6.07, 6.45) is -4.60. The fourth-order valence-electron chi connectivity index (χ4n) is 9.77. The molecular weight excluding hydrogens is 808 g/mol. The maximum atomic E-state index is 14.9. The lowest BCUT2D eigenvalue weighted by atomic mass is 9.90. The number of nitrogens with zero attached hydrogens (tertiary/aromatic N) is 3. The highest BCUT2D eigenvalue weighted by molar-refractivity contribution is 6.13. The number of fused-ring (bicyclic) bond motifs is 6. The Morgan fingerprint density at radius 2 is 0.908 bits per heavy atom. The number of halogens is 3. The number of aryl methyl sites for hydroxylation is 3. The smallest absolute Gasteiger partial charge is 0.310 e. The Kier molecular flexibility index (Phi) is 9.34. The molecule has 3 nitrogen and oxygen atoms in total. The van der Waals surface area contributed by atoms with Gasteiger partial charge < -0.3 is 9.13 Å². The number of alkyl halides is 3. The highest BCUT2D eigenvalue weighted by Crippen LogP contribution is 2.48. The quantitative estimate of drug-likeness (QED) is 0.148. The Morgan fingerprint density at radius 1 is 0.415 bits per heavy atom. The van der Waals surface area contributed by atoms with Crippen molar-refractivity contribution in [2.75, 3.05) is 0 Å². The van der Waals surface area contributed by atoms with Crippen molar-refractivity contribution in [1.82, 2.24) is 9.13 Å². The van der Waals surface area contributed by atoms with Gasteiger partial charge in [0, 0.05) is 32.8 Å². The van der Waals surface area contributed by atoms with Crippen LogP contribution in [0.2, 0.25) is 0 Å². The summed E-state index contributed by atoms with van der Waals surface area (Å²) in [6, 6.07) is 62.1. The molecule has 0 aliphatic heterocycles. The van der Waals surface area contributed by atoms with E-state index in [1.165, 1.54) is 17.2 Å². The maximum absolute atomic E-state index is 14.9. The van der Waals surface area contributed by atoms with E-state index < -0.39 is 11.7 Å². The van der Waals surface area contributed by atoms with E-state index in [1.807, 2.05) is 48.5 Å². The van der Waals surface area contributed by atoms with Crippen LogP contribution in [0.4, 0.5) is 18.9 Å². The van der Waals surface area contributed by atoms with Gasteiger partial charge in [0.05, 0.1) is 39.9 Å². The van der Waals surface area contributed by atoms with Crippen molar-refractivity contribution in [3.63, 3.8) is 0 Å². The molecule has 65 heavy (non-hydrogen) atoms. The van der Waals surface area contributed by atoms with Gasteiger partial charge in [-0.05, 0) is 126 Å². The van der Waals surface area contributed by atoms with E-state index in [0.29, 0.717) is 27.9 Å². The van der Waals surface area contributed by atoms with Gasteiger partial charge in [0.1, 0.15) is 0 Å². The van der Waals surface area contributed by atoms with Gasteiger partial charge in [0.15, 0.2) is 5.69 Å². The van der Waals surface area contributed by atoms with E-state index >= 15 is 0 Å². The molecule has 0 unspecified atom stereocenters. The second-order valence-corrected chi connectivity index (χ2v) is 16.9. The summed E-state index contributed by atoms with van der Waals surface area (Å²) < 4.78 is 49.2. The molecule has 0 N–H and O–H groups in total. The summed E-state index contributed by atoms with van der Waals surface area (Å²) in [5.41, 5.74) is 13.9. The van der Waals surface area contributed by atoms with Crippen LogP contribution in [0.15, 0.2) is 188 Å². The molecule has 0 amide bonds. The van der Waals surface area contributed by atoms with Crippen molar-refractivity contribution in [3.05, 3.63) is 222 Å². The van der Waals surface area contributed by atoms with E-state index in [0.717, 1.165) is 83.3 Å². The lowest BCUT2D eigenvalue weighted by molar-refractivity contribution is -0.137. The van der Waals surface area contributed by atoms with Crippen molar-refractivity contribution in [1.29, 1.82) is 0 Å². The molecule has 0 radical (unpaired) electrons. The van der Waals surface area contributed by atoms with Crippen molar-refractivity contribution < 1.29 is 13.2 Å². The van der Waals surface area contributed by atoms with Crippen LogP contribution in [0.25, 0.3) is 104 Å². The van der Waals surface area contributed by atoms with Crippen LogP contribution >= 0.6 is 0 Å². The number of rotatable bonds is 6. The Labute approximate surface area is 374 Å². The predicted octanol–water partition coefficient (Wildman–Crippen LogP) is 17.0. The second-order valence-electron chi connectivity index (χ2n) is 16.9. The molecule has 9 aromatic carbocycles. The summed E-state index contributed by atoms with van der Waals surface area (Å²) in [7, 11) is 0. The van der Waals surface area contributed by atoms with Crippen molar-refractivity contribution in [2.24, 2.45) is 0 Å². The molecule has 0 bridgehead atoms. The molecule has 0 atom stereocenters. The second kappa shape index (κ2) is 15.3. The van der Waals surface area contributed by atoms with Crippen LogP contribution in [0.1, 0.15) is 22.3 Å². The minimum Gasteiger partial charge on any atom is -0.310 e. The molecule has 0 saturated heterocycles. The van der Waals surface area contributed by atoms with Crippen molar-refractivity contribution >= 4 is 49.3 Å². The highest BCUT2D eigenvalue weighted by atomic mass is 19.4. The molecule has 0 fully saturated rings. The third kappa shape index (κ3) is 6.59. The number of benzene rings is 9. The third-order valence-electron chi connectivity index (χ3n) is 12.9. The highest BCUT2D eigenvalue weighted by Gasteiger charge is 2.35. The van der Waals surface area contributed by atoms with Crippen molar-refractivity contribution in [2.45, 2.75) is 26.9 Å². The van der Waals surface area contributed by atoms with Gasteiger partial charge in [0.2, 0.25) is 0 Å². The standard InChI is InChI=1S/C59H40F3N3/c1-36-19-23-39(24-20-36)41-27-30-53-46(33-41)44-12-5-7-16-51(44)64(53)55-32-29-43(57-38(3)11-9-14-49(57)59(60,61)62)35-48(55)58-50(63-4)15-10-18-56(58)65-52-17-8-6-13-45(52)47-34-42(28-31-54(47)65)40-25-21-37(2)22-26-40/h5-35H,1-3H3. The molecule has 0 aliphatic rings. The maximum Gasteiger partial charge on any atom is 0.417 e. The Morgan fingerprint density at radius 3 is 1.46 bits per heavy atom. The van der Waals surface area contributed by atoms with Crippen LogP contribution < -0.4 is 0 Å². The van der Waals surface area contributed by atoms with Crippen LogP contribution in [0, 0.1) is 27.3 Å². The van der Waals surface area contributed by atoms with Gasteiger partial charge in [0.25, 0.3) is 0 Å². The van der Waals surface area contributed by atoms with Crippen LogP contribution in [0.3, 0.4) is 0 Å². The SMILES string of the molecule is [C-]#[N+]c1cccc(-n2c3ccccc3c3cc(-c4ccc(C)cc4)ccc32)c1-c1cc(-c2c(C)cccc2C(F)(F)F)ccc1-n1c2ccccc2c2cc(-c3ccc(C)cc3)ccc21. The first kappa shape index (κ1) is 39.7. The average molecular weight is 848 g/mol. The van der Waals surface area contributed by atoms with Gasteiger partial charge in [-0.25, -0.2) is 4.85 Å². The number of hydrogen-bond acceptors (Lipinski definition) is 0. The minimum absolute atomic E-state index is 0.111. The molecule has 11 rings (SSSR count). The summed E-state index contributed by atoms with van der Waals surface area (Å²) in [5.74, 6) is 0. The Hall–Kier alpha value is -8.14. The molecule has 0 aliphatic carbocycles. The van der Waals surface area contributed by atoms with Gasteiger partial charge >= 0.3 is 6.18 Å². The Bertz CT molecular complexity index is 3730. The van der Waals surface area contributed by atoms with Gasteiger partial charge in [-0.2, -0.15) is 13.2 Å². The average Bonchev–Trinajstić information content (AvgIpc) is 3.83. The fraction of sp³-hybridized carbons (Fsp3) is 0.0678. The molecular formula is C59H40F3N3. The van der Waals surface area contributed by atoms with Gasteiger partial charge in [-0.1, -0.05) is 139 Å². The van der Waals surface area contributed by atoms with E-state index in [4.69, 9.17) is 6.57 Å². The molecule has 2 aromatic heterocycles. The zero-order chi connectivity index (χ0) is 44.6. The van der Waals surface area contributed by atoms with E-state index in [-0.39, 0.29) is 5.56 Å². The third-order valence-corrected chi connectivity index (χ3v) is 12.9. The van der Waals surface area contributed by atoms with Gasteiger partial charge in [-0.15, -0.1) is 0 Å². The first-order chi connectivity index (χ1) is 31.6. The van der Waals surface area contributed by atoms with Crippen LogP contribution in [-0.2, 0) is 6.18 Å². The molecule has 312 valence electrons. The topological polar surface area (TPSA) is 14.2 Å². The lowest BCUT2D eigenvalue weighted by Crippen LogP contribution is -2.08. The number of aromatic nitrogens is 2. The first-order valence-electron chi connectivity index (χ1n) is 21.6. The lowest BCUT2D eigenvalue weighted by Gasteiger charge is -2.22. The minimum atomic E-state index is -4.60. The van der Waals surface area contributed by atoms with Crippen LogP contribution in [-0.4, -0.2) is 9.13 Å². The van der Waals surface area contributed by atoms with E-state index in [2.05, 4.69) is 137 Å². The molecule has 2 heterocycles. The van der Waals surface area contributed by atoms with E-state index in [1.54, 1.807) is 25.1 Å². The van der Waals surface area contributed by atoms with E-state index in [9.17, 15) is 13.2 Å². The van der Waals surface area contributed by atoms with Gasteiger partial charge in [-0.3, -0.25) is 0 Å². The predicted molar refractivity (Wildman–Crippen MR) is 262 cm³/mol. The number of hydrogen-bond donors (Lipinski definition) is 0.